The second kappa shape index (κ2) is 3.13. The van der Waals surface area contributed by atoms with Crippen molar-refractivity contribution >= 4 is 0 Å². The number of hydrogen-bond donors (Lipinski definition) is 1. The Balaban J connectivity index is 2.28. The summed E-state index contributed by atoms with van der Waals surface area (Å²) in [6.07, 6.45) is 8.18. The molecular formula is C12H20O. The molecule has 0 spiro atoms. The second-order valence-electron chi connectivity index (χ2n) is 4.84. The minimum absolute atomic E-state index is 0.0313. The Morgan fingerprint density at radius 3 is 2.92 bits per heavy atom. The largest absolute Gasteiger partial charge is 0.393 e. The topological polar surface area (TPSA) is 20.2 Å². The maximum absolute atomic E-state index is 9.93. The summed E-state index contributed by atoms with van der Waals surface area (Å²) in [6.45, 7) is 4.49. The summed E-state index contributed by atoms with van der Waals surface area (Å²) < 4.78 is 0. The standard InChI is InChI=1S/C12H20O/c1-3-9-6-7-10-11(13)5-4-8-12(9,10)2/h3,10-11,13H,4-8H2,1-2H3/b9-3-. The molecule has 0 aromatic rings. The summed E-state index contributed by atoms with van der Waals surface area (Å²) in [4.78, 5) is 0. The Labute approximate surface area is 80.8 Å². The summed E-state index contributed by atoms with van der Waals surface area (Å²) in [5.41, 5.74) is 1.93. The van der Waals surface area contributed by atoms with Crippen molar-refractivity contribution in [3.05, 3.63) is 11.6 Å². The number of aliphatic hydroxyl groups excluding tert-OH is 1. The van der Waals surface area contributed by atoms with Crippen molar-refractivity contribution in [1.29, 1.82) is 0 Å². The first kappa shape index (κ1) is 9.26. The molecule has 0 aromatic heterocycles. The number of hydrogen-bond acceptors (Lipinski definition) is 1. The van der Waals surface area contributed by atoms with Crippen LogP contribution in [0.4, 0.5) is 0 Å². The minimum atomic E-state index is -0.0313. The first-order chi connectivity index (χ1) is 6.18. The maximum atomic E-state index is 9.93. The average molecular weight is 180 g/mol. The summed E-state index contributed by atoms with van der Waals surface area (Å²) >= 11 is 0. The zero-order valence-corrected chi connectivity index (χ0v) is 8.71. The molecule has 2 aliphatic rings. The van der Waals surface area contributed by atoms with Crippen LogP contribution in [0.5, 0.6) is 0 Å². The third-order valence-corrected chi connectivity index (χ3v) is 4.29. The molecular weight excluding hydrogens is 160 g/mol. The van der Waals surface area contributed by atoms with Crippen LogP contribution in [-0.2, 0) is 0 Å². The third kappa shape index (κ3) is 1.25. The highest BCUT2D eigenvalue weighted by atomic mass is 16.3. The van der Waals surface area contributed by atoms with E-state index in [0.717, 1.165) is 6.42 Å². The van der Waals surface area contributed by atoms with Gasteiger partial charge in [-0.1, -0.05) is 18.6 Å². The fourth-order valence-electron chi connectivity index (χ4n) is 3.47. The van der Waals surface area contributed by atoms with Crippen LogP contribution in [0, 0.1) is 11.3 Å². The third-order valence-electron chi connectivity index (χ3n) is 4.29. The molecule has 0 aromatic carbocycles. The maximum Gasteiger partial charge on any atom is 0.0576 e. The molecule has 0 saturated heterocycles. The molecule has 1 nitrogen and oxygen atoms in total. The van der Waals surface area contributed by atoms with Crippen LogP contribution >= 0.6 is 0 Å². The normalized spacial score (nSPS) is 48.1. The summed E-state index contributed by atoms with van der Waals surface area (Å²) in [5, 5.41) is 9.93. The van der Waals surface area contributed by atoms with E-state index >= 15 is 0 Å². The highest BCUT2D eigenvalue weighted by Gasteiger charge is 2.47. The van der Waals surface area contributed by atoms with Crippen LogP contribution in [0.25, 0.3) is 0 Å². The highest BCUT2D eigenvalue weighted by Crippen LogP contribution is 2.54. The summed E-state index contributed by atoms with van der Waals surface area (Å²) in [6, 6.07) is 0. The SMILES string of the molecule is C/C=C1/CCC2C(O)CCCC12C. The van der Waals surface area contributed by atoms with Gasteiger partial charge >= 0.3 is 0 Å². The minimum Gasteiger partial charge on any atom is -0.393 e. The molecule has 3 unspecified atom stereocenters. The van der Waals surface area contributed by atoms with E-state index in [1.165, 1.54) is 25.7 Å². The lowest BCUT2D eigenvalue weighted by Crippen LogP contribution is -2.37. The first-order valence-electron chi connectivity index (χ1n) is 5.52. The van der Waals surface area contributed by atoms with E-state index in [1.54, 1.807) is 5.57 Å². The molecule has 2 rings (SSSR count). The Kier molecular flexibility index (Phi) is 2.23. The molecule has 1 heteroatoms. The van der Waals surface area contributed by atoms with Gasteiger partial charge in [-0.25, -0.2) is 0 Å². The molecule has 3 atom stereocenters. The number of fused-ring (bicyclic) bond motifs is 1. The van der Waals surface area contributed by atoms with E-state index in [-0.39, 0.29) is 6.10 Å². The Morgan fingerprint density at radius 1 is 1.46 bits per heavy atom. The molecule has 2 saturated carbocycles. The molecule has 1 N–H and O–H groups in total. The molecule has 74 valence electrons. The number of rotatable bonds is 0. The smallest absolute Gasteiger partial charge is 0.0576 e. The predicted molar refractivity (Wildman–Crippen MR) is 54.4 cm³/mol. The van der Waals surface area contributed by atoms with Crippen molar-refractivity contribution in [3.63, 3.8) is 0 Å². The van der Waals surface area contributed by atoms with Gasteiger partial charge in [0.05, 0.1) is 6.10 Å². The van der Waals surface area contributed by atoms with Gasteiger partial charge in [-0.15, -0.1) is 0 Å². The lowest BCUT2D eigenvalue weighted by molar-refractivity contribution is 0.0148. The van der Waals surface area contributed by atoms with Crippen molar-refractivity contribution in [2.45, 2.75) is 52.1 Å². The van der Waals surface area contributed by atoms with E-state index < -0.39 is 0 Å². The van der Waals surface area contributed by atoms with Crippen LogP contribution in [0.1, 0.15) is 46.0 Å². The van der Waals surface area contributed by atoms with Crippen LogP contribution in [0.15, 0.2) is 11.6 Å². The van der Waals surface area contributed by atoms with Gasteiger partial charge in [0.25, 0.3) is 0 Å². The van der Waals surface area contributed by atoms with Gasteiger partial charge in [0.15, 0.2) is 0 Å². The monoisotopic (exact) mass is 180 g/mol. The van der Waals surface area contributed by atoms with Gasteiger partial charge in [-0.2, -0.15) is 0 Å². The van der Waals surface area contributed by atoms with E-state index in [1.807, 2.05) is 0 Å². The predicted octanol–water partition coefficient (Wildman–Crippen LogP) is 2.89. The molecule has 13 heavy (non-hydrogen) atoms. The van der Waals surface area contributed by atoms with E-state index in [9.17, 15) is 5.11 Å². The summed E-state index contributed by atoms with van der Waals surface area (Å²) in [7, 11) is 0. The molecule has 0 heterocycles. The van der Waals surface area contributed by atoms with Crippen molar-refractivity contribution in [3.8, 4) is 0 Å². The Morgan fingerprint density at radius 2 is 2.23 bits per heavy atom. The zero-order chi connectivity index (χ0) is 9.47. The van der Waals surface area contributed by atoms with Crippen LogP contribution in [0.3, 0.4) is 0 Å². The zero-order valence-electron chi connectivity index (χ0n) is 8.71. The quantitative estimate of drug-likeness (QED) is 0.568. The van der Waals surface area contributed by atoms with Crippen molar-refractivity contribution in [1.82, 2.24) is 0 Å². The van der Waals surface area contributed by atoms with Crippen LogP contribution < -0.4 is 0 Å². The highest BCUT2D eigenvalue weighted by molar-refractivity contribution is 5.21. The summed E-state index contributed by atoms with van der Waals surface area (Å²) in [5.74, 6) is 0.549. The van der Waals surface area contributed by atoms with E-state index in [0.29, 0.717) is 11.3 Å². The van der Waals surface area contributed by atoms with Gasteiger partial charge in [-0.05, 0) is 50.4 Å². The molecule has 0 aliphatic heterocycles. The lowest BCUT2D eigenvalue weighted by Gasteiger charge is -2.40. The number of aliphatic hydroxyl groups is 1. The fraction of sp³-hybridized carbons (Fsp3) is 0.833. The van der Waals surface area contributed by atoms with Gasteiger partial charge in [0, 0.05) is 0 Å². The lowest BCUT2D eigenvalue weighted by atomic mass is 9.66. The van der Waals surface area contributed by atoms with Crippen molar-refractivity contribution in [2.75, 3.05) is 0 Å². The van der Waals surface area contributed by atoms with Crippen LogP contribution in [-0.4, -0.2) is 11.2 Å². The van der Waals surface area contributed by atoms with Crippen molar-refractivity contribution in [2.24, 2.45) is 11.3 Å². The molecule has 2 aliphatic carbocycles. The van der Waals surface area contributed by atoms with Gasteiger partial charge in [0.2, 0.25) is 0 Å². The van der Waals surface area contributed by atoms with Gasteiger partial charge < -0.3 is 5.11 Å². The molecule has 0 bridgehead atoms. The van der Waals surface area contributed by atoms with Crippen molar-refractivity contribution < 1.29 is 5.11 Å². The Hall–Kier alpha value is -0.300. The fourth-order valence-corrected chi connectivity index (χ4v) is 3.47. The van der Waals surface area contributed by atoms with E-state index in [4.69, 9.17) is 0 Å². The molecule has 2 fully saturated rings. The van der Waals surface area contributed by atoms with Gasteiger partial charge in [0.1, 0.15) is 0 Å². The second-order valence-corrected chi connectivity index (χ2v) is 4.84. The molecule has 0 amide bonds. The van der Waals surface area contributed by atoms with Gasteiger partial charge in [-0.3, -0.25) is 0 Å². The number of allylic oxidation sites excluding steroid dienone is 2. The first-order valence-corrected chi connectivity index (χ1v) is 5.52. The molecule has 0 radical (unpaired) electrons. The Bertz CT molecular complexity index is 231. The van der Waals surface area contributed by atoms with E-state index in [2.05, 4.69) is 19.9 Å². The average Bonchev–Trinajstić information content (AvgIpc) is 2.43. The van der Waals surface area contributed by atoms with Crippen LogP contribution in [0.2, 0.25) is 0 Å².